The number of hydrogen-bond acceptors (Lipinski definition) is 10. The summed E-state index contributed by atoms with van der Waals surface area (Å²) in [5.74, 6) is -0.261. The maximum Gasteiger partial charge on any atom is 0.253 e. The molecule has 17 heteroatoms. The van der Waals surface area contributed by atoms with Gasteiger partial charge in [0.1, 0.15) is 5.82 Å². The standard InChI is InChI=1S/C23H24B3N7O6S/c1-33(40(3,36)37)11-18-30-20(32-39-18)13-5-4-6-15(19(13)38-2)28-16-9-17(29-21(34)12-7-8-12)27-10-14(16)22(35)31-23(24,25)26/h4-6,9-10,12H,7-8,11H2,1-3H3,(H,31,35)(H2,27,28,29,34). The van der Waals surface area contributed by atoms with Crippen molar-refractivity contribution in [1.29, 1.82) is 0 Å². The van der Waals surface area contributed by atoms with Crippen molar-refractivity contribution in [2.75, 3.05) is 31.0 Å². The van der Waals surface area contributed by atoms with Gasteiger partial charge >= 0.3 is 0 Å². The van der Waals surface area contributed by atoms with Gasteiger partial charge in [0.2, 0.25) is 27.6 Å². The molecular formula is C23H24B3N7O6S. The van der Waals surface area contributed by atoms with Crippen molar-refractivity contribution in [3.8, 4) is 17.1 Å². The van der Waals surface area contributed by atoms with E-state index in [1.54, 1.807) is 18.2 Å². The molecule has 2 aromatic heterocycles. The third-order valence-electron chi connectivity index (χ3n) is 5.80. The lowest BCUT2D eigenvalue weighted by Crippen LogP contribution is -2.50. The highest BCUT2D eigenvalue weighted by Crippen LogP contribution is 2.38. The Morgan fingerprint density at radius 3 is 2.58 bits per heavy atom. The fourth-order valence-corrected chi connectivity index (χ4v) is 3.90. The van der Waals surface area contributed by atoms with Crippen LogP contribution in [0.3, 0.4) is 0 Å². The Morgan fingerprint density at radius 1 is 1.23 bits per heavy atom. The Morgan fingerprint density at radius 2 is 1.95 bits per heavy atom. The molecular weight excluding hydrogens is 535 g/mol. The number of sulfonamides is 1. The van der Waals surface area contributed by atoms with E-state index in [1.165, 1.54) is 26.4 Å². The molecule has 1 aliphatic rings. The SMILES string of the molecule is [B]C([B])([B])NC(=O)c1cnc(NC(=O)C2CC2)cc1Nc1cccc(-c2noc(CN(C)S(C)(=O)=O)n2)c1OC. The van der Waals surface area contributed by atoms with Gasteiger partial charge in [0.25, 0.3) is 5.91 Å². The first-order chi connectivity index (χ1) is 18.7. The van der Waals surface area contributed by atoms with Gasteiger partial charge in [-0.25, -0.2) is 13.4 Å². The van der Waals surface area contributed by atoms with Crippen molar-refractivity contribution in [2.45, 2.75) is 24.6 Å². The molecule has 1 saturated carbocycles. The summed E-state index contributed by atoms with van der Waals surface area (Å²) in [6, 6.07) is 6.50. The molecule has 3 aromatic rings. The predicted octanol–water partition coefficient (Wildman–Crippen LogP) is 0.470. The number of nitrogens with zero attached hydrogens (tertiary/aromatic N) is 4. The van der Waals surface area contributed by atoms with Crippen molar-refractivity contribution < 1.29 is 27.3 Å². The third-order valence-corrected chi connectivity index (χ3v) is 7.06. The van der Waals surface area contributed by atoms with E-state index in [-0.39, 0.29) is 52.9 Å². The van der Waals surface area contributed by atoms with Crippen molar-refractivity contribution in [1.82, 2.24) is 24.7 Å². The summed E-state index contributed by atoms with van der Waals surface area (Å²) in [4.78, 5) is 33.7. The molecule has 0 unspecified atom stereocenters. The minimum atomic E-state index is -3.46. The van der Waals surface area contributed by atoms with Gasteiger partial charge in [-0.15, -0.1) is 0 Å². The molecule has 0 atom stereocenters. The van der Waals surface area contributed by atoms with E-state index < -0.39 is 21.2 Å². The number of anilines is 3. The van der Waals surface area contributed by atoms with Crippen LogP contribution in [0.5, 0.6) is 5.75 Å². The van der Waals surface area contributed by atoms with Crippen molar-refractivity contribution in [2.24, 2.45) is 5.92 Å². The van der Waals surface area contributed by atoms with E-state index in [0.717, 1.165) is 23.4 Å². The highest BCUT2D eigenvalue weighted by atomic mass is 32.2. The summed E-state index contributed by atoms with van der Waals surface area (Å²) in [7, 11) is 16.0. The fourth-order valence-electron chi connectivity index (χ4n) is 3.56. The van der Waals surface area contributed by atoms with Crippen molar-refractivity contribution in [3.63, 3.8) is 0 Å². The number of methoxy groups -OCH3 is 1. The molecule has 0 spiro atoms. The summed E-state index contributed by atoms with van der Waals surface area (Å²) < 4.78 is 35.4. The topological polar surface area (TPSA) is 169 Å². The molecule has 13 nitrogen and oxygen atoms in total. The first-order valence-corrected chi connectivity index (χ1v) is 13.8. The third kappa shape index (κ3) is 7.21. The van der Waals surface area contributed by atoms with Crippen LogP contribution in [-0.4, -0.2) is 88.9 Å². The molecule has 1 aromatic carbocycles. The molecule has 1 fully saturated rings. The number of para-hydroxylation sites is 1. The molecule has 2 amide bonds. The lowest BCUT2D eigenvalue weighted by atomic mass is 9.49. The minimum absolute atomic E-state index is 0.0215. The van der Waals surface area contributed by atoms with Gasteiger partial charge in [-0.2, -0.15) is 9.29 Å². The number of carbonyl (C=O) groups is 2. The second-order valence-electron chi connectivity index (χ2n) is 9.31. The summed E-state index contributed by atoms with van der Waals surface area (Å²) in [5, 5.41) is 10.1. The highest BCUT2D eigenvalue weighted by Gasteiger charge is 2.30. The van der Waals surface area contributed by atoms with E-state index in [2.05, 4.69) is 31.1 Å². The quantitative estimate of drug-likeness (QED) is 0.281. The van der Waals surface area contributed by atoms with Crippen LogP contribution in [0.1, 0.15) is 29.1 Å². The average Bonchev–Trinajstić information content (AvgIpc) is 3.61. The highest BCUT2D eigenvalue weighted by molar-refractivity contribution is 7.88. The predicted molar refractivity (Wildman–Crippen MR) is 149 cm³/mol. The maximum atomic E-state index is 12.9. The smallest absolute Gasteiger partial charge is 0.253 e. The summed E-state index contributed by atoms with van der Waals surface area (Å²) in [6.45, 7) is -0.123. The molecule has 0 bridgehead atoms. The number of hydrogen-bond donors (Lipinski definition) is 3. The normalized spacial score (nSPS) is 13.6. The monoisotopic (exact) mass is 559 g/mol. The lowest BCUT2D eigenvalue weighted by molar-refractivity contribution is -0.117. The Balaban J connectivity index is 1.68. The summed E-state index contributed by atoms with van der Waals surface area (Å²) >= 11 is 0. The van der Waals surface area contributed by atoms with Crippen LogP contribution in [-0.2, 0) is 21.4 Å². The molecule has 1 aliphatic carbocycles. The Bertz CT molecular complexity index is 1540. The van der Waals surface area contributed by atoms with E-state index in [0.29, 0.717) is 11.3 Å². The fraction of sp³-hybridized carbons (Fsp3) is 0.348. The van der Waals surface area contributed by atoms with Gasteiger partial charge in [-0.3, -0.25) is 9.59 Å². The zero-order chi connectivity index (χ0) is 29.2. The molecule has 0 aliphatic heterocycles. The number of aromatic nitrogens is 3. The molecule has 6 radical (unpaired) electrons. The van der Waals surface area contributed by atoms with Crippen LogP contribution in [0.2, 0.25) is 0 Å². The second kappa shape index (κ2) is 11.3. The van der Waals surface area contributed by atoms with Gasteiger partial charge in [-0.1, -0.05) is 16.5 Å². The summed E-state index contributed by atoms with van der Waals surface area (Å²) in [5.41, 5.74) is 1.05. The van der Waals surface area contributed by atoms with E-state index in [1.807, 2.05) is 0 Å². The Kier molecular flexibility index (Phi) is 8.26. The first kappa shape index (κ1) is 29.1. The van der Waals surface area contributed by atoms with Crippen LogP contribution in [0, 0.1) is 5.92 Å². The zero-order valence-corrected chi connectivity index (χ0v) is 22.8. The van der Waals surface area contributed by atoms with Crippen LogP contribution < -0.4 is 20.7 Å². The molecule has 3 N–H and O–H groups in total. The van der Waals surface area contributed by atoms with Gasteiger partial charge in [0.15, 0.2) is 5.75 Å². The van der Waals surface area contributed by atoms with Crippen molar-refractivity contribution >= 4 is 62.6 Å². The van der Waals surface area contributed by atoms with Crippen molar-refractivity contribution in [3.05, 3.63) is 41.9 Å². The van der Waals surface area contributed by atoms with Gasteiger partial charge in [0.05, 0.1) is 66.0 Å². The number of benzene rings is 1. The number of pyridine rings is 1. The van der Waals surface area contributed by atoms with Gasteiger partial charge < -0.3 is 25.2 Å². The van der Waals surface area contributed by atoms with Gasteiger partial charge in [0, 0.05) is 25.2 Å². The van der Waals surface area contributed by atoms with Gasteiger partial charge in [-0.05, 0) is 25.0 Å². The average molecular weight is 559 g/mol. The van der Waals surface area contributed by atoms with Crippen LogP contribution in [0.25, 0.3) is 11.4 Å². The lowest BCUT2D eigenvalue weighted by Gasteiger charge is -2.23. The molecule has 4 rings (SSSR count). The summed E-state index contributed by atoms with van der Waals surface area (Å²) in [6.07, 6.45) is 3.91. The second-order valence-corrected chi connectivity index (χ2v) is 11.4. The number of carbonyl (C=O) groups excluding carboxylic acids is 2. The van der Waals surface area contributed by atoms with E-state index >= 15 is 0 Å². The van der Waals surface area contributed by atoms with Crippen LogP contribution in [0.15, 0.2) is 35.0 Å². The maximum absolute atomic E-state index is 12.9. The molecule has 0 saturated heterocycles. The van der Waals surface area contributed by atoms with Crippen LogP contribution in [0.4, 0.5) is 17.2 Å². The Labute approximate surface area is 235 Å². The first-order valence-electron chi connectivity index (χ1n) is 11.9. The number of amides is 2. The molecule has 202 valence electrons. The number of ether oxygens (including phenoxy) is 1. The molecule has 40 heavy (non-hydrogen) atoms. The van der Waals surface area contributed by atoms with E-state index in [4.69, 9.17) is 32.8 Å². The largest absolute Gasteiger partial charge is 0.494 e. The molecule has 2 heterocycles. The zero-order valence-electron chi connectivity index (χ0n) is 22.0. The number of nitrogens with one attached hydrogen (secondary N) is 3. The van der Waals surface area contributed by atoms with E-state index in [9.17, 15) is 18.0 Å². The minimum Gasteiger partial charge on any atom is -0.494 e. The number of rotatable bonds is 11. The Hall–Kier alpha value is -3.85. The van der Waals surface area contributed by atoms with Crippen LogP contribution >= 0.6 is 0 Å².